The molecule has 1 amide bonds. The van der Waals surface area contributed by atoms with Gasteiger partial charge in [-0.05, 0) is 50.2 Å². The smallest absolute Gasteiger partial charge is 0.241 e. The lowest BCUT2D eigenvalue weighted by Crippen LogP contribution is -2.43. The summed E-state index contributed by atoms with van der Waals surface area (Å²) in [5.41, 5.74) is 2.14. The second kappa shape index (κ2) is 8.15. The maximum atomic E-state index is 12.2. The molecule has 0 radical (unpaired) electrons. The molecule has 2 N–H and O–H groups in total. The largest absolute Gasteiger partial charge is 0.325 e. The molecule has 0 aliphatic carbocycles. The molecule has 116 valence electrons. The predicted molar refractivity (Wildman–Crippen MR) is 87.3 cm³/mol. The fourth-order valence-electron chi connectivity index (χ4n) is 2.76. The van der Waals surface area contributed by atoms with Gasteiger partial charge >= 0.3 is 0 Å². The van der Waals surface area contributed by atoms with Gasteiger partial charge in [-0.15, -0.1) is 0 Å². The molecule has 4 heteroatoms. The summed E-state index contributed by atoms with van der Waals surface area (Å²) in [5, 5.41) is 6.33. The van der Waals surface area contributed by atoms with Crippen LogP contribution in [-0.2, 0) is 11.3 Å². The van der Waals surface area contributed by atoms with Crippen LogP contribution in [0.2, 0.25) is 0 Å². The number of nitrogens with one attached hydrogen (secondary N) is 2. The van der Waals surface area contributed by atoms with E-state index < -0.39 is 0 Å². The molecule has 0 spiro atoms. The van der Waals surface area contributed by atoms with E-state index in [-0.39, 0.29) is 11.9 Å². The Labute approximate surface area is 127 Å². The molecule has 1 fully saturated rings. The molecule has 0 saturated carbocycles. The van der Waals surface area contributed by atoms with Gasteiger partial charge in [0.1, 0.15) is 0 Å². The molecule has 1 aromatic carbocycles. The van der Waals surface area contributed by atoms with Crippen molar-refractivity contribution in [2.45, 2.75) is 45.7 Å². The molecular weight excluding hydrogens is 262 g/mol. The zero-order chi connectivity index (χ0) is 15.1. The summed E-state index contributed by atoms with van der Waals surface area (Å²) >= 11 is 0. The van der Waals surface area contributed by atoms with Crippen LogP contribution in [-0.4, -0.2) is 36.5 Å². The van der Waals surface area contributed by atoms with Crippen molar-refractivity contribution in [2.24, 2.45) is 0 Å². The van der Waals surface area contributed by atoms with Crippen LogP contribution in [0.1, 0.15) is 38.7 Å². The van der Waals surface area contributed by atoms with Gasteiger partial charge in [0, 0.05) is 12.2 Å². The number of anilines is 1. The van der Waals surface area contributed by atoms with Crippen molar-refractivity contribution in [1.29, 1.82) is 0 Å². The molecule has 0 bridgehead atoms. The SMILES string of the molecule is CCN(CC)Cc1cccc(NC(=O)[C@@H]2CCCCN2)c1. The summed E-state index contributed by atoms with van der Waals surface area (Å²) in [7, 11) is 0. The zero-order valence-corrected chi connectivity index (χ0v) is 13.2. The highest BCUT2D eigenvalue weighted by Crippen LogP contribution is 2.15. The minimum atomic E-state index is -0.0369. The van der Waals surface area contributed by atoms with Crippen LogP contribution in [0, 0.1) is 0 Å². The molecule has 0 aromatic heterocycles. The first-order valence-corrected chi connectivity index (χ1v) is 8.08. The molecule has 1 saturated heterocycles. The Kier molecular flexibility index (Phi) is 6.21. The topological polar surface area (TPSA) is 44.4 Å². The minimum Gasteiger partial charge on any atom is -0.325 e. The van der Waals surface area contributed by atoms with Gasteiger partial charge in [-0.3, -0.25) is 9.69 Å². The van der Waals surface area contributed by atoms with Crippen molar-refractivity contribution in [1.82, 2.24) is 10.2 Å². The van der Waals surface area contributed by atoms with Gasteiger partial charge in [0.25, 0.3) is 0 Å². The highest BCUT2D eigenvalue weighted by Gasteiger charge is 2.20. The number of benzene rings is 1. The number of carbonyl (C=O) groups is 1. The molecule has 1 heterocycles. The summed E-state index contributed by atoms with van der Waals surface area (Å²) < 4.78 is 0. The maximum absolute atomic E-state index is 12.2. The Hall–Kier alpha value is -1.39. The molecule has 0 unspecified atom stereocenters. The second-order valence-electron chi connectivity index (χ2n) is 5.65. The van der Waals surface area contributed by atoms with Crippen LogP contribution in [0.4, 0.5) is 5.69 Å². The molecule has 1 aliphatic rings. The average Bonchev–Trinajstić information content (AvgIpc) is 2.53. The van der Waals surface area contributed by atoms with E-state index in [1.165, 1.54) is 12.0 Å². The number of piperidine rings is 1. The standard InChI is InChI=1S/C17H27N3O/c1-3-20(4-2)13-14-8-7-9-15(12-14)19-17(21)16-10-5-6-11-18-16/h7-9,12,16,18H,3-6,10-11,13H2,1-2H3,(H,19,21)/t16-/m0/s1. The fourth-order valence-corrected chi connectivity index (χ4v) is 2.76. The summed E-state index contributed by atoms with van der Waals surface area (Å²) in [6, 6.07) is 8.14. The summed E-state index contributed by atoms with van der Waals surface area (Å²) in [5.74, 6) is 0.0923. The molecule has 1 aliphatic heterocycles. The van der Waals surface area contributed by atoms with E-state index in [9.17, 15) is 4.79 Å². The summed E-state index contributed by atoms with van der Waals surface area (Å²) in [4.78, 5) is 14.6. The van der Waals surface area contributed by atoms with E-state index in [1.54, 1.807) is 0 Å². The van der Waals surface area contributed by atoms with Crippen LogP contribution in [0.25, 0.3) is 0 Å². The molecule has 1 atom stereocenters. The third kappa shape index (κ3) is 4.83. The average molecular weight is 289 g/mol. The van der Waals surface area contributed by atoms with Crippen LogP contribution in [0.15, 0.2) is 24.3 Å². The Morgan fingerprint density at radius 3 is 2.81 bits per heavy atom. The highest BCUT2D eigenvalue weighted by atomic mass is 16.2. The van der Waals surface area contributed by atoms with Crippen molar-refractivity contribution < 1.29 is 4.79 Å². The number of rotatable bonds is 6. The monoisotopic (exact) mass is 289 g/mol. The van der Waals surface area contributed by atoms with Gasteiger partial charge < -0.3 is 10.6 Å². The zero-order valence-electron chi connectivity index (χ0n) is 13.2. The van der Waals surface area contributed by atoms with Crippen molar-refractivity contribution >= 4 is 11.6 Å². The number of nitrogens with zero attached hydrogens (tertiary/aromatic N) is 1. The molecule has 4 nitrogen and oxygen atoms in total. The van der Waals surface area contributed by atoms with Crippen LogP contribution in [0.5, 0.6) is 0 Å². The van der Waals surface area contributed by atoms with Crippen molar-refractivity contribution in [3.8, 4) is 0 Å². The van der Waals surface area contributed by atoms with Crippen molar-refractivity contribution in [2.75, 3.05) is 25.0 Å². The van der Waals surface area contributed by atoms with E-state index in [0.717, 1.165) is 44.7 Å². The van der Waals surface area contributed by atoms with Gasteiger partial charge in [-0.1, -0.05) is 32.4 Å². The van der Waals surface area contributed by atoms with Crippen LogP contribution >= 0.6 is 0 Å². The molecule has 21 heavy (non-hydrogen) atoms. The van der Waals surface area contributed by atoms with Crippen molar-refractivity contribution in [3.05, 3.63) is 29.8 Å². The first-order valence-electron chi connectivity index (χ1n) is 8.08. The van der Waals surface area contributed by atoms with E-state index >= 15 is 0 Å². The van der Waals surface area contributed by atoms with Gasteiger partial charge in [0.2, 0.25) is 5.91 Å². The van der Waals surface area contributed by atoms with Gasteiger partial charge in [0.15, 0.2) is 0 Å². The Balaban J connectivity index is 1.95. The molecular formula is C17H27N3O. The molecule has 2 rings (SSSR count). The number of amides is 1. The number of hydrogen-bond acceptors (Lipinski definition) is 3. The van der Waals surface area contributed by atoms with E-state index in [2.05, 4.69) is 41.5 Å². The fraction of sp³-hybridized carbons (Fsp3) is 0.588. The van der Waals surface area contributed by atoms with Crippen LogP contribution < -0.4 is 10.6 Å². The van der Waals surface area contributed by atoms with Gasteiger partial charge in [0.05, 0.1) is 6.04 Å². The van der Waals surface area contributed by atoms with Gasteiger partial charge in [-0.2, -0.15) is 0 Å². The Bertz CT molecular complexity index is 451. The minimum absolute atomic E-state index is 0.0369. The lowest BCUT2D eigenvalue weighted by Gasteiger charge is -2.23. The molecule has 1 aromatic rings. The maximum Gasteiger partial charge on any atom is 0.241 e. The highest BCUT2D eigenvalue weighted by molar-refractivity contribution is 5.94. The lowest BCUT2D eigenvalue weighted by atomic mass is 10.0. The third-order valence-electron chi connectivity index (χ3n) is 4.12. The number of hydrogen-bond donors (Lipinski definition) is 2. The predicted octanol–water partition coefficient (Wildman–Crippen LogP) is 2.61. The second-order valence-corrected chi connectivity index (χ2v) is 5.65. The summed E-state index contributed by atoms with van der Waals surface area (Å²) in [6.45, 7) is 8.30. The van der Waals surface area contributed by atoms with E-state index in [0.29, 0.717) is 0 Å². The van der Waals surface area contributed by atoms with Crippen molar-refractivity contribution in [3.63, 3.8) is 0 Å². The van der Waals surface area contributed by atoms with E-state index in [4.69, 9.17) is 0 Å². The Morgan fingerprint density at radius 2 is 2.14 bits per heavy atom. The lowest BCUT2D eigenvalue weighted by molar-refractivity contribution is -0.118. The Morgan fingerprint density at radius 1 is 1.33 bits per heavy atom. The number of carbonyl (C=O) groups excluding carboxylic acids is 1. The quantitative estimate of drug-likeness (QED) is 0.846. The van der Waals surface area contributed by atoms with E-state index in [1.807, 2.05) is 12.1 Å². The van der Waals surface area contributed by atoms with Gasteiger partial charge in [-0.25, -0.2) is 0 Å². The first kappa shape index (κ1) is 16.0. The van der Waals surface area contributed by atoms with Crippen LogP contribution in [0.3, 0.4) is 0 Å². The first-order chi connectivity index (χ1) is 10.2. The normalized spacial score (nSPS) is 18.7. The third-order valence-corrected chi connectivity index (χ3v) is 4.12. The summed E-state index contributed by atoms with van der Waals surface area (Å²) in [6.07, 6.45) is 3.24.